The zero-order valence-electron chi connectivity index (χ0n) is 12.8. The minimum Gasteiger partial charge on any atom is -0.330 e. The fraction of sp³-hybridized carbons (Fsp3) is 0.867. The van der Waals surface area contributed by atoms with Crippen LogP contribution < -0.4 is 11.1 Å². The molecule has 20 heavy (non-hydrogen) atoms. The SMILES string of the molecule is CCC1CCC(CN)C(N2CC(=O)NC(=O)C2(C)C)C1. The summed E-state index contributed by atoms with van der Waals surface area (Å²) in [5, 5.41) is 2.45. The molecule has 0 aromatic carbocycles. The Hall–Kier alpha value is -0.940. The first-order valence-electron chi connectivity index (χ1n) is 7.71. The van der Waals surface area contributed by atoms with E-state index in [1.54, 1.807) is 0 Å². The van der Waals surface area contributed by atoms with Crippen molar-refractivity contribution in [1.29, 1.82) is 0 Å². The van der Waals surface area contributed by atoms with Gasteiger partial charge in [-0.3, -0.25) is 19.8 Å². The van der Waals surface area contributed by atoms with E-state index in [-0.39, 0.29) is 17.9 Å². The molecule has 1 saturated carbocycles. The number of hydrogen-bond donors (Lipinski definition) is 2. The molecule has 1 aliphatic heterocycles. The van der Waals surface area contributed by atoms with Gasteiger partial charge in [-0.1, -0.05) is 19.8 Å². The monoisotopic (exact) mass is 281 g/mol. The zero-order valence-corrected chi connectivity index (χ0v) is 12.8. The van der Waals surface area contributed by atoms with Gasteiger partial charge in [-0.2, -0.15) is 0 Å². The molecular formula is C15H27N3O2. The van der Waals surface area contributed by atoms with Crippen molar-refractivity contribution in [2.75, 3.05) is 13.1 Å². The van der Waals surface area contributed by atoms with Crippen molar-refractivity contribution in [2.45, 2.75) is 58.0 Å². The lowest BCUT2D eigenvalue weighted by atomic mass is 9.75. The highest BCUT2D eigenvalue weighted by atomic mass is 16.2. The van der Waals surface area contributed by atoms with Crippen LogP contribution >= 0.6 is 0 Å². The highest BCUT2D eigenvalue weighted by molar-refractivity contribution is 6.03. The average Bonchev–Trinajstić information content (AvgIpc) is 2.42. The van der Waals surface area contributed by atoms with Crippen molar-refractivity contribution in [3.8, 4) is 0 Å². The summed E-state index contributed by atoms with van der Waals surface area (Å²) >= 11 is 0. The quantitative estimate of drug-likeness (QED) is 0.753. The van der Waals surface area contributed by atoms with Gasteiger partial charge in [0, 0.05) is 6.04 Å². The van der Waals surface area contributed by atoms with Crippen molar-refractivity contribution in [3.05, 3.63) is 0 Å². The second-order valence-corrected chi connectivity index (χ2v) is 6.71. The van der Waals surface area contributed by atoms with Crippen LogP contribution in [0.1, 0.15) is 46.5 Å². The molecule has 0 radical (unpaired) electrons. The summed E-state index contributed by atoms with van der Waals surface area (Å²) in [4.78, 5) is 26.0. The molecule has 2 aliphatic rings. The number of piperazine rings is 1. The first-order valence-corrected chi connectivity index (χ1v) is 7.71. The van der Waals surface area contributed by atoms with Crippen LogP contribution in [0.25, 0.3) is 0 Å². The highest BCUT2D eigenvalue weighted by Gasteiger charge is 2.47. The summed E-state index contributed by atoms with van der Waals surface area (Å²) in [6, 6.07) is 0.240. The van der Waals surface area contributed by atoms with E-state index in [9.17, 15) is 9.59 Å². The van der Waals surface area contributed by atoms with Crippen LogP contribution in [0.3, 0.4) is 0 Å². The third-order valence-corrected chi connectivity index (χ3v) is 5.19. The summed E-state index contributed by atoms with van der Waals surface area (Å²) in [5.41, 5.74) is 5.30. The normalized spacial score (nSPS) is 34.9. The molecule has 0 bridgehead atoms. The Morgan fingerprint density at radius 2 is 2.05 bits per heavy atom. The fourth-order valence-corrected chi connectivity index (χ4v) is 3.66. The number of hydrogen-bond acceptors (Lipinski definition) is 4. The minimum atomic E-state index is -0.637. The lowest BCUT2D eigenvalue weighted by molar-refractivity contribution is -0.149. The third kappa shape index (κ3) is 2.74. The molecule has 3 N–H and O–H groups in total. The molecule has 3 atom stereocenters. The van der Waals surface area contributed by atoms with Crippen molar-refractivity contribution >= 4 is 11.8 Å². The first kappa shape index (κ1) is 15.4. The molecule has 0 aromatic heterocycles. The van der Waals surface area contributed by atoms with Gasteiger partial charge in [0.15, 0.2) is 0 Å². The van der Waals surface area contributed by atoms with E-state index in [4.69, 9.17) is 5.73 Å². The Balaban J connectivity index is 2.24. The molecule has 5 heteroatoms. The fourth-order valence-electron chi connectivity index (χ4n) is 3.66. The van der Waals surface area contributed by atoms with Gasteiger partial charge >= 0.3 is 0 Å². The molecule has 2 rings (SSSR count). The molecule has 5 nitrogen and oxygen atoms in total. The number of rotatable bonds is 3. The molecular weight excluding hydrogens is 254 g/mol. The van der Waals surface area contributed by atoms with Gasteiger partial charge in [-0.15, -0.1) is 0 Å². The summed E-state index contributed by atoms with van der Waals surface area (Å²) in [7, 11) is 0. The van der Waals surface area contributed by atoms with Crippen molar-refractivity contribution in [2.24, 2.45) is 17.6 Å². The number of nitrogens with one attached hydrogen (secondary N) is 1. The van der Waals surface area contributed by atoms with E-state index < -0.39 is 5.54 Å². The van der Waals surface area contributed by atoms with Gasteiger partial charge in [0.1, 0.15) is 0 Å². The van der Waals surface area contributed by atoms with Crippen LogP contribution in [0.5, 0.6) is 0 Å². The molecule has 114 valence electrons. The van der Waals surface area contributed by atoms with Crippen molar-refractivity contribution < 1.29 is 9.59 Å². The maximum Gasteiger partial charge on any atom is 0.246 e. The lowest BCUT2D eigenvalue weighted by Crippen LogP contribution is -2.68. The van der Waals surface area contributed by atoms with E-state index in [1.807, 2.05) is 13.8 Å². The largest absolute Gasteiger partial charge is 0.330 e. The van der Waals surface area contributed by atoms with Crippen molar-refractivity contribution in [3.63, 3.8) is 0 Å². The Morgan fingerprint density at radius 1 is 1.35 bits per heavy atom. The summed E-state index contributed by atoms with van der Waals surface area (Å²) in [5.74, 6) is 0.682. The van der Waals surface area contributed by atoms with E-state index in [0.717, 1.165) is 19.3 Å². The zero-order chi connectivity index (χ0) is 14.9. The number of nitrogens with zero attached hydrogens (tertiary/aromatic N) is 1. The Labute approximate surface area is 121 Å². The third-order valence-electron chi connectivity index (χ3n) is 5.19. The van der Waals surface area contributed by atoms with Gasteiger partial charge in [-0.05, 0) is 45.1 Å². The molecule has 1 heterocycles. The number of amides is 2. The average molecular weight is 281 g/mol. The van der Waals surface area contributed by atoms with Crippen LogP contribution in [-0.2, 0) is 9.59 Å². The molecule has 2 fully saturated rings. The van der Waals surface area contributed by atoms with Crippen molar-refractivity contribution in [1.82, 2.24) is 10.2 Å². The van der Waals surface area contributed by atoms with Crippen LogP contribution in [0.15, 0.2) is 0 Å². The Morgan fingerprint density at radius 3 is 2.65 bits per heavy atom. The van der Waals surface area contributed by atoms with Crippen LogP contribution in [-0.4, -0.2) is 41.4 Å². The summed E-state index contributed by atoms with van der Waals surface area (Å²) < 4.78 is 0. The summed E-state index contributed by atoms with van der Waals surface area (Å²) in [6.45, 7) is 6.94. The predicted molar refractivity (Wildman–Crippen MR) is 77.9 cm³/mol. The number of nitrogens with two attached hydrogens (primary N) is 1. The second-order valence-electron chi connectivity index (χ2n) is 6.71. The maximum atomic E-state index is 12.1. The van der Waals surface area contributed by atoms with Gasteiger partial charge in [0.25, 0.3) is 0 Å². The summed E-state index contributed by atoms with van der Waals surface area (Å²) in [6.07, 6.45) is 4.51. The topological polar surface area (TPSA) is 75.4 Å². The second kappa shape index (κ2) is 5.82. The van der Waals surface area contributed by atoms with E-state index in [0.29, 0.717) is 24.9 Å². The van der Waals surface area contributed by atoms with Gasteiger partial charge in [-0.25, -0.2) is 0 Å². The standard InChI is InChI=1S/C15H27N3O2/c1-4-10-5-6-11(8-16)12(7-10)18-9-13(19)17-14(20)15(18,2)3/h10-12H,4-9,16H2,1-3H3,(H,17,19,20). The smallest absolute Gasteiger partial charge is 0.246 e. The van der Waals surface area contributed by atoms with Crippen LogP contribution in [0, 0.1) is 11.8 Å². The van der Waals surface area contributed by atoms with E-state index in [1.165, 1.54) is 6.42 Å². The van der Waals surface area contributed by atoms with Crippen LogP contribution in [0.2, 0.25) is 0 Å². The Bertz CT molecular complexity index is 395. The van der Waals surface area contributed by atoms with E-state index >= 15 is 0 Å². The maximum absolute atomic E-state index is 12.1. The highest BCUT2D eigenvalue weighted by Crippen LogP contribution is 2.37. The van der Waals surface area contributed by atoms with Gasteiger partial charge in [0.2, 0.25) is 11.8 Å². The minimum absolute atomic E-state index is 0.191. The van der Waals surface area contributed by atoms with E-state index in [2.05, 4.69) is 17.1 Å². The Kier molecular flexibility index (Phi) is 4.49. The number of imide groups is 1. The van der Waals surface area contributed by atoms with Gasteiger partial charge in [0.05, 0.1) is 12.1 Å². The number of carbonyl (C=O) groups excluding carboxylic acids is 2. The molecule has 0 aromatic rings. The molecule has 1 saturated heterocycles. The predicted octanol–water partition coefficient (Wildman–Crippen LogP) is 0.877. The van der Waals surface area contributed by atoms with Crippen LogP contribution in [0.4, 0.5) is 0 Å². The molecule has 3 unspecified atom stereocenters. The molecule has 1 aliphatic carbocycles. The first-order chi connectivity index (χ1) is 9.40. The molecule has 2 amide bonds. The number of carbonyl (C=O) groups is 2. The lowest BCUT2D eigenvalue weighted by Gasteiger charge is -2.50. The van der Waals surface area contributed by atoms with Gasteiger partial charge < -0.3 is 5.73 Å². The molecule has 0 spiro atoms.